The van der Waals surface area contributed by atoms with Crippen molar-refractivity contribution < 1.29 is 24.2 Å². The summed E-state index contributed by atoms with van der Waals surface area (Å²) in [5.74, 6) is 3.28. The van der Waals surface area contributed by atoms with Crippen LogP contribution in [0.25, 0.3) is 11.3 Å². The Hall–Kier alpha value is -6.40. The Morgan fingerprint density at radius 2 is 1.04 bits per heavy atom. The number of nitrogen functional groups attached to an aromatic ring is 1. The number of piperidine rings is 2. The van der Waals surface area contributed by atoms with Crippen molar-refractivity contribution in [2.45, 2.75) is 162 Å². The first-order valence-electron chi connectivity index (χ1n) is 28.4. The summed E-state index contributed by atoms with van der Waals surface area (Å²) >= 11 is 0. The first-order valence-corrected chi connectivity index (χ1v) is 28.4. The third-order valence-electron chi connectivity index (χ3n) is 15.9. The lowest BCUT2D eigenvalue weighted by Gasteiger charge is -2.28. The van der Waals surface area contributed by atoms with E-state index in [1.54, 1.807) is 9.03 Å². The second-order valence-electron chi connectivity index (χ2n) is 23.0. The van der Waals surface area contributed by atoms with Crippen LogP contribution in [0.1, 0.15) is 158 Å². The van der Waals surface area contributed by atoms with E-state index in [0.29, 0.717) is 55.1 Å². The molecule has 2 saturated carbocycles. The average molecular weight is 1060 g/mol. The number of hydrogen-bond acceptors (Lipinski definition) is 15. The van der Waals surface area contributed by atoms with Gasteiger partial charge in [0.15, 0.2) is 11.3 Å². The first-order chi connectivity index (χ1) is 37.0. The fourth-order valence-electron chi connectivity index (χ4n) is 10.8. The molecule has 2 aliphatic heterocycles. The van der Waals surface area contributed by atoms with E-state index in [9.17, 15) is 9.59 Å². The van der Waals surface area contributed by atoms with E-state index in [1.165, 1.54) is 12.8 Å². The van der Waals surface area contributed by atoms with Gasteiger partial charge in [0.25, 0.3) is 0 Å². The number of benzene rings is 2. The van der Waals surface area contributed by atoms with Crippen molar-refractivity contribution in [1.82, 2.24) is 49.0 Å². The van der Waals surface area contributed by atoms with Gasteiger partial charge in [-0.1, -0.05) is 90.8 Å². The normalized spacial score (nSPS) is 20.8. The maximum Gasteiger partial charge on any atom is 0.322 e. The highest BCUT2D eigenvalue weighted by Gasteiger charge is 2.27. The van der Waals surface area contributed by atoms with Crippen LogP contribution in [0, 0.1) is 23.7 Å². The molecule has 2 saturated heterocycles. The number of fused-ring (bicyclic) bond motifs is 2. The van der Waals surface area contributed by atoms with Crippen LogP contribution in [0.4, 0.5) is 17.6 Å². The molecule has 2 aliphatic carbocycles. The van der Waals surface area contributed by atoms with Gasteiger partial charge in [-0.3, -0.25) is 9.59 Å². The van der Waals surface area contributed by atoms with Crippen LogP contribution in [0.2, 0.25) is 0 Å². The van der Waals surface area contributed by atoms with Gasteiger partial charge in [0.2, 0.25) is 11.9 Å². The standard InChI is InChI=1S/C30H42N6O2.C21H29N7O.C8H14O2/c1-20(2)26-19-32-36-28(26)33-30(38-25-12-14-35(4)15-13-25)34-29(36)31-18-23-7-5-6-22(16-23)17-27(37)24-10-8-21(3)9-11-24;1-14(2)18-13-24-28-19(18)25-21(29-17-7-9-27(3)10-8-17)26-20(28)23-12-15-5-4-6-16(22)11-15;1-6-2-4-7(5-3-6)8(9)10/h5-7,16,19-21,24-25H,8-15,17-18H2,1-4H3,(H,31,33,34);4-6,11,13-14,17H,7-10,12,22H2,1-3H3,(H,23,25,26);6-7H,2-5H2,1H3,(H,9,10). The number of ketones is 1. The van der Waals surface area contributed by atoms with Gasteiger partial charge in [-0.15, -0.1) is 0 Å². The van der Waals surface area contributed by atoms with Crippen LogP contribution >= 0.6 is 0 Å². The van der Waals surface area contributed by atoms with Crippen molar-refractivity contribution in [1.29, 1.82) is 0 Å². The molecule has 4 fully saturated rings. The maximum absolute atomic E-state index is 12.9. The summed E-state index contributed by atoms with van der Waals surface area (Å²) in [6, 6.07) is 16.9. The average Bonchev–Trinajstić information content (AvgIpc) is 4.07. The van der Waals surface area contributed by atoms with E-state index in [1.807, 2.05) is 42.7 Å². The fraction of sp³-hybridized carbons (Fsp3) is 0.593. The van der Waals surface area contributed by atoms with Gasteiger partial charge in [-0.05, 0) is 131 Å². The Labute approximate surface area is 455 Å². The van der Waals surface area contributed by atoms with Gasteiger partial charge < -0.3 is 40.7 Å². The van der Waals surface area contributed by atoms with Gasteiger partial charge in [0.05, 0.1) is 18.3 Å². The predicted molar refractivity (Wildman–Crippen MR) is 303 cm³/mol. The van der Waals surface area contributed by atoms with Crippen molar-refractivity contribution in [2.75, 3.05) is 56.6 Å². The highest BCUT2D eigenvalue weighted by Crippen LogP contribution is 2.31. The molecule has 4 aliphatic rings. The van der Waals surface area contributed by atoms with E-state index < -0.39 is 5.97 Å². The molecule has 77 heavy (non-hydrogen) atoms. The zero-order valence-corrected chi connectivity index (χ0v) is 47.0. The Bertz CT molecular complexity index is 2850. The van der Waals surface area contributed by atoms with Crippen LogP contribution in [0.5, 0.6) is 12.0 Å². The molecule has 5 N–H and O–H groups in total. The lowest BCUT2D eigenvalue weighted by atomic mass is 9.79. The molecule has 6 aromatic rings. The zero-order valence-electron chi connectivity index (χ0n) is 47.0. The lowest BCUT2D eigenvalue weighted by Crippen LogP contribution is -2.36. The van der Waals surface area contributed by atoms with Crippen LogP contribution < -0.4 is 25.8 Å². The summed E-state index contributed by atoms with van der Waals surface area (Å²) in [4.78, 5) is 46.8. The molecule has 0 radical (unpaired) electrons. The zero-order chi connectivity index (χ0) is 54.6. The third kappa shape index (κ3) is 15.9. The van der Waals surface area contributed by atoms with Crippen LogP contribution in [-0.4, -0.2) is 118 Å². The van der Waals surface area contributed by atoms with E-state index in [0.717, 1.165) is 147 Å². The summed E-state index contributed by atoms with van der Waals surface area (Å²) in [7, 11) is 4.28. The molecule has 4 aromatic heterocycles. The number of carbonyl (C=O) groups is 2. The smallest absolute Gasteiger partial charge is 0.322 e. The van der Waals surface area contributed by atoms with Crippen molar-refractivity contribution in [3.63, 3.8) is 0 Å². The SMILES string of the molecule is CC(C)c1cnn2c(NCc3cccc(N)c3)nc(OC3CCN(C)CC3)nc12.CC1CCC(C(=O)Cc2cccc(CNc3nc(OC4CCN(C)CC4)nc4c(C(C)C)cnn34)c2)CC1.CC1CCC(C(=O)O)CC1. The van der Waals surface area contributed by atoms with E-state index >= 15 is 0 Å². The van der Waals surface area contributed by atoms with E-state index in [-0.39, 0.29) is 30.0 Å². The summed E-state index contributed by atoms with van der Waals surface area (Å²) in [5.41, 5.74) is 13.6. The molecule has 18 nitrogen and oxygen atoms in total. The predicted octanol–water partition coefficient (Wildman–Crippen LogP) is 10.1. The maximum atomic E-state index is 12.9. The monoisotopic (exact) mass is 1060 g/mol. The molecule has 0 unspecified atom stereocenters. The molecule has 0 atom stereocenters. The Balaban J connectivity index is 0.000000177. The van der Waals surface area contributed by atoms with Crippen molar-refractivity contribution in [3.05, 3.63) is 88.7 Å². The van der Waals surface area contributed by atoms with Crippen LogP contribution in [0.15, 0.2) is 60.9 Å². The van der Waals surface area contributed by atoms with Crippen LogP contribution in [-0.2, 0) is 29.1 Å². The van der Waals surface area contributed by atoms with Crippen molar-refractivity contribution in [3.8, 4) is 12.0 Å². The lowest BCUT2D eigenvalue weighted by molar-refractivity contribution is -0.143. The summed E-state index contributed by atoms with van der Waals surface area (Å²) in [5, 5.41) is 24.6. The first kappa shape index (κ1) is 56.8. The number of ether oxygens (including phenoxy) is 2. The summed E-state index contributed by atoms with van der Waals surface area (Å²) in [6.07, 6.45) is 16.8. The molecular weight excluding hydrogens is 971 g/mol. The molecule has 0 spiro atoms. The number of rotatable bonds is 16. The minimum Gasteiger partial charge on any atom is -0.481 e. The Morgan fingerprint density at radius 3 is 1.48 bits per heavy atom. The van der Waals surface area contributed by atoms with Gasteiger partial charge in [-0.25, -0.2) is 0 Å². The number of nitrogens with one attached hydrogen (secondary N) is 2. The van der Waals surface area contributed by atoms with E-state index in [2.05, 4.69) is 109 Å². The Kier molecular flexibility index (Phi) is 19.7. The van der Waals surface area contributed by atoms with Gasteiger partial charge in [0, 0.05) is 68.4 Å². The summed E-state index contributed by atoms with van der Waals surface area (Å²) in [6.45, 7) is 18.3. The topological polar surface area (TPSA) is 216 Å². The number of likely N-dealkylation sites (tertiary alicyclic amines) is 2. The van der Waals surface area contributed by atoms with Crippen LogP contribution in [0.3, 0.4) is 0 Å². The number of aromatic nitrogens is 8. The highest BCUT2D eigenvalue weighted by molar-refractivity contribution is 5.83. The van der Waals surface area contributed by atoms with Gasteiger partial charge in [-0.2, -0.15) is 39.2 Å². The van der Waals surface area contributed by atoms with Gasteiger partial charge >= 0.3 is 18.0 Å². The Morgan fingerprint density at radius 1 is 0.610 bits per heavy atom. The number of nitrogens with zero attached hydrogens (tertiary/aromatic N) is 10. The molecule has 6 heterocycles. The molecule has 0 bridgehead atoms. The number of carboxylic acids is 1. The number of carbonyl (C=O) groups excluding carboxylic acids is 1. The van der Waals surface area contributed by atoms with Gasteiger partial charge in [0.1, 0.15) is 18.0 Å². The second-order valence-corrected chi connectivity index (χ2v) is 23.0. The number of aliphatic carboxylic acids is 1. The minimum atomic E-state index is -0.605. The molecule has 18 heteroatoms. The molecule has 10 rings (SSSR count). The minimum absolute atomic E-state index is 0.0452. The largest absolute Gasteiger partial charge is 0.481 e. The molecule has 416 valence electrons. The number of hydrogen-bond donors (Lipinski definition) is 4. The molecular formula is C59H85N13O5. The third-order valence-corrected chi connectivity index (χ3v) is 15.9. The van der Waals surface area contributed by atoms with E-state index in [4.69, 9.17) is 35.3 Å². The fourth-order valence-corrected chi connectivity index (χ4v) is 10.8. The molecule has 2 aromatic carbocycles. The molecule has 0 amide bonds. The van der Waals surface area contributed by atoms with Crippen molar-refractivity contribution in [2.24, 2.45) is 23.7 Å². The quantitative estimate of drug-likeness (QED) is 0.0663. The highest BCUT2D eigenvalue weighted by atomic mass is 16.5. The second kappa shape index (κ2) is 26.8. The number of nitrogens with two attached hydrogens (primary N) is 1. The summed E-state index contributed by atoms with van der Waals surface area (Å²) < 4.78 is 16.0. The number of carboxylic acid groups (broad SMARTS) is 1. The number of Topliss-reactive ketones (excluding diaryl/α,β-unsaturated/α-hetero) is 1. The number of anilines is 3. The van der Waals surface area contributed by atoms with Crippen molar-refractivity contribution >= 4 is 40.6 Å².